The van der Waals surface area contributed by atoms with Gasteiger partial charge in [0.05, 0.1) is 0 Å². The third kappa shape index (κ3) is 2.86. The molecule has 1 fully saturated rings. The molecule has 1 saturated carbocycles. The Bertz CT molecular complexity index is 393. The van der Waals surface area contributed by atoms with Crippen molar-refractivity contribution in [2.45, 2.75) is 32.7 Å². The standard InChI is InChI=1S/C14H20N2O/c1-14(7-2-8-14)10-16-13(17)12-5-3-11(9-15)4-6-12/h3-6H,2,7-10,15H2,1H3,(H,16,17). The summed E-state index contributed by atoms with van der Waals surface area (Å²) in [6.45, 7) is 3.53. The summed E-state index contributed by atoms with van der Waals surface area (Å²) in [5.74, 6) is 0.0155. The fourth-order valence-electron chi connectivity index (χ4n) is 2.15. The third-order valence-electron chi connectivity index (χ3n) is 3.69. The Morgan fingerprint density at radius 3 is 2.47 bits per heavy atom. The van der Waals surface area contributed by atoms with Crippen molar-refractivity contribution >= 4 is 5.91 Å². The fourth-order valence-corrected chi connectivity index (χ4v) is 2.15. The average Bonchev–Trinajstić information content (AvgIpc) is 2.33. The van der Waals surface area contributed by atoms with Gasteiger partial charge in [0.15, 0.2) is 0 Å². The molecular formula is C14H20N2O. The highest BCUT2D eigenvalue weighted by Gasteiger charge is 2.31. The van der Waals surface area contributed by atoms with Crippen molar-refractivity contribution in [2.24, 2.45) is 11.1 Å². The predicted octanol–water partition coefficient (Wildman–Crippen LogP) is 2.07. The SMILES string of the molecule is CC1(CNC(=O)c2ccc(CN)cc2)CCC1. The first kappa shape index (κ1) is 12.1. The predicted molar refractivity (Wildman–Crippen MR) is 68.6 cm³/mol. The molecule has 0 atom stereocenters. The molecule has 1 aromatic carbocycles. The van der Waals surface area contributed by atoms with Crippen molar-refractivity contribution in [3.63, 3.8) is 0 Å². The maximum Gasteiger partial charge on any atom is 0.251 e. The van der Waals surface area contributed by atoms with E-state index in [1.807, 2.05) is 24.3 Å². The molecule has 0 heterocycles. The van der Waals surface area contributed by atoms with Gasteiger partial charge >= 0.3 is 0 Å². The van der Waals surface area contributed by atoms with Gasteiger partial charge in [-0.15, -0.1) is 0 Å². The Morgan fingerprint density at radius 1 is 1.35 bits per heavy atom. The zero-order valence-corrected chi connectivity index (χ0v) is 10.3. The number of benzene rings is 1. The Morgan fingerprint density at radius 2 is 2.00 bits per heavy atom. The lowest BCUT2D eigenvalue weighted by molar-refractivity contribution is 0.0891. The van der Waals surface area contributed by atoms with Crippen LogP contribution in [0.15, 0.2) is 24.3 Å². The van der Waals surface area contributed by atoms with Crippen LogP contribution in [-0.4, -0.2) is 12.5 Å². The topological polar surface area (TPSA) is 55.1 Å². The van der Waals surface area contributed by atoms with Crippen molar-refractivity contribution in [1.29, 1.82) is 0 Å². The van der Waals surface area contributed by atoms with Crippen LogP contribution in [0.25, 0.3) is 0 Å². The van der Waals surface area contributed by atoms with Crippen LogP contribution in [0.5, 0.6) is 0 Å². The van der Waals surface area contributed by atoms with Crippen molar-refractivity contribution in [2.75, 3.05) is 6.54 Å². The van der Waals surface area contributed by atoms with Crippen LogP contribution < -0.4 is 11.1 Å². The maximum absolute atomic E-state index is 11.9. The Kier molecular flexibility index (Phi) is 3.48. The number of carbonyl (C=O) groups excluding carboxylic acids is 1. The maximum atomic E-state index is 11.9. The van der Waals surface area contributed by atoms with E-state index in [-0.39, 0.29) is 5.91 Å². The van der Waals surface area contributed by atoms with Gasteiger partial charge in [-0.25, -0.2) is 0 Å². The van der Waals surface area contributed by atoms with Crippen molar-refractivity contribution in [3.05, 3.63) is 35.4 Å². The molecule has 0 bridgehead atoms. The summed E-state index contributed by atoms with van der Waals surface area (Å²) in [5.41, 5.74) is 7.60. The van der Waals surface area contributed by atoms with Crippen molar-refractivity contribution in [3.8, 4) is 0 Å². The molecule has 0 radical (unpaired) electrons. The number of hydrogen-bond acceptors (Lipinski definition) is 2. The van der Waals surface area contributed by atoms with Crippen molar-refractivity contribution in [1.82, 2.24) is 5.32 Å². The number of amides is 1. The first-order valence-electron chi connectivity index (χ1n) is 6.20. The molecule has 0 aliphatic heterocycles. The minimum Gasteiger partial charge on any atom is -0.351 e. The first-order chi connectivity index (χ1) is 8.13. The molecule has 1 aliphatic carbocycles. The molecule has 3 heteroatoms. The van der Waals surface area contributed by atoms with E-state index in [0.29, 0.717) is 17.5 Å². The van der Waals surface area contributed by atoms with Gasteiger partial charge in [-0.3, -0.25) is 4.79 Å². The van der Waals surface area contributed by atoms with Gasteiger partial charge in [-0.2, -0.15) is 0 Å². The van der Waals surface area contributed by atoms with E-state index >= 15 is 0 Å². The minimum atomic E-state index is 0.0155. The van der Waals surface area contributed by atoms with E-state index in [9.17, 15) is 4.79 Å². The first-order valence-corrected chi connectivity index (χ1v) is 6.20. The van der Waals surface area contributed by atoms with Gasteiger partial charge in [0.2, 0.25) is 0 Å². The number of hydrogen-bond donors (Lipinski definition) is 2. The quantitative estimate of drug-likeness (QED) is 0.835. The summed E-state index contributed by atoms with van der Waals surface area (Å²) in [4.78, 5) is 11.9. The summed E-state index contributed by atoms with van der Waals surface area (Å²) < 4.78 is 0. The van der Waals surface area contributed by atoms with E-state index in [1.54, 1.807) is 0 Å². The molecule has 1 amide bonds. The zero-order valence-electron chi connectivity index (χ0n) is 10.3. The van der Waals surface area contributed by atoms with E-state index < -0.39 is 0 Å². The van der Waals surface area contributed by atoms with Gasteiger partial charge < -0.3 is 11.1 Å². The largest absolute Gasteiger partial charge is 0.351 e. The van der Waals surface area contributed by atoms with Crippen molar-refractivity contribution < 1.29 is 4.79 Å². The van der Waals surface area contributed by atoms with Gasteiger partial charge in [-0.1, -0.05) is 25.5 Å². The van der Waals surface area contributed by atoms with Crippen LogP contribution in [0.2, 0.25) is 0 Å². The molecule has 0 aromatic heterocycles. The van der Waals surface area contributed by atoms with Crippen LogP contribution in [0, 0.1) is 5.41 Å². The lowest BCUT2D eigenvalue weighted by atomic mass is 9.70. The number of nitrogens with two attached hydrogens (primary N) is 1. The van der Waals surface area contributed by atoms with Gasteiger partial charge in [0.25, 0.3) is 5.91 Å². The number of rotatable bonds is 4. The molecule has 92 valence electrons. The smallest absolute Gasteiger partial charge is 0.251 e. The number of carbonyl (C=O) groups is 1. The van der Waals surface area contributed by atoms with E-state index in [0.717, 1.165) is 12.1 Å². The Balaban J connectivity index is 1.90. The van der Waals surface area contributed by atoms with Crippen LogP contribution in [-0.2, 0) is 6.54 Å². The lowest BCUT2D eigenvalue weighted by Crippen LogP contribution is -2.39. The second kappa shape index (κ2) is 4.88. The highest BCUT2D eigenvalue weighted by Crippen LogP contribution is 2.39. The molecule has 3 nitrogen and oxygen atoms in total. The molecule has 17 heavy (non-hydrogen) atoms. The molecule has 1 aromatic rings. The highest BCUT2D eigenvalue weighted by molar-refractivity contribution is 5.94. The van der Waals surface area contributed by atoms with Crippen LogP contribution in [0.4, 0.5) is 0 Å². The minimum absolute atomic E-state index is 0.0155. The molecule has 0 spiro atoms. The van der Waals surface area contributed by atoms with E-state index in [2.05, 4.69) is 12.2 Å². The average molecular weight is 232 g/mol. The summed E-state index contributed by atoms with van der Waals surface area (Å²) in [7, 11) is 0. The molecular weight excluding hydrogens is 212 g/mol. The Labute approximate surface area is 102 Å². The summed E-state index contributed by atoms with van der Waals surface area (Å²) in [6, 6.07) is 7.47. The van der Waals surface area contributed by atoms with Crippen LogP contribution in [0.1, 0.15) is 42.1 Å². The highest BCUT2D eigenvalue weighted by atomic mass is 16.1. The van der Waals surface area contributed by atoms with Crippen LogP contribution >= 0.6 is 0 Å². The van der Waals surface area contributed by atoms with E-state index in [4.69, 9.17) is 5.73 Å². The Hall–Kier alpha value is -1.35. The van der Waals surface area contributed by atoms with Gasteiger partial charge in [-0.05, 0) is 36.0 Å². The summed E-state index contributed by atoms with van der Waals surface area (Å²) in [6.07, 6.45) is 3.73. The molecule has 0 unspecified atom stereocenters. The number of nitrogens with one attached hydrogen (secondary N) is 1. The van der Waals surface area contributed by atoms with Gasteiger partial charge in [0.1, 0.15) is 0 Å². The lowest BCUT2D eigenvalue weighted by Gasteiger charge is -2.38. The zero-order chi connectivity index (χ0) is 12.3. The molecule has 3 N–H and O–H groups in total. The fraction of sp³-hybridized carbons (Fsp3) is 0.500. The second-order valence-electron chi connectivity index (χ2n) is 5.25. The second-order valence-corrected chi connectivity index (χ2v) is 5.25. The molecule has 2 rings (SSSR count). The monoisotopic (exact) mass is 232 g/mol. The normalized spacial score (nSPS) is 17.3. The summed E-state index contributed by atoms with van der Waals surface area (Å²) in [5, 5.41) is 3.01. The van der Waals surface area contributed by atoms with Crippen LogP contribution in [0.3, 0.4) is 0 Å². The third-order valence-corrected chi connectivity index (χ3v) is 3.69. The van der Waals surface area contributed by atoms with E-state index in [1.165, 1.54) is 19.3 Å². The van der Waals surface area contributed by atoms with Gasteiger partial charge in [0, 0.05) is 18.7 Å². The summed E-state index contributed by atoms with van der Waals surface area (Å²) >= 11 is 0. The molecule has 0 saturated heterocycles. The molecule has 1 aliphatic rings.